The number of anilines is 1. The van der Waals surface area contributed by atoms with E-state index in [2.05, 4.69) is 47.6 Å². The van der Waals surface area contributed by atoms with Crippen LogP contribution in [0.3, 0.4) is 0 Å². The molecular formula is C29H38Cl3N3O. The van der Waals surface area contributed by atoms with Crippen LogP contribution < -0.4 is 4.90 Å². The molecule has 4 nitrogen and oxygen atoms in total. The number of carbonyl (C=O) groups is 1. The van der Waals surface area contributed by atoms with Crippen molar-refractivity contribution in [2.75, 3.05) is 44.2 Å². The second-order valence-electron chi connectivity index (χ2n) is 11.5. The highest BCUT2D eigenvalue weighted by molar-refractivity contribution is 6.36. The van der Waals surface area contributed by atoms with Crippen LogP contribution in [0.5, 0.6) is 0 Å². The average molecular weight is 551 g/mol. The van der Waals surface area contributed by atoms with E-state index in [0.29, 0.717) is 28.3 Å². The molecule has 2 fully saturated rings. The third kappa shape index (κ3) is 7.31. The highest BCUT2D eigenvalue weighted by Gasteiger charge is 2.31. The van der Waals surface area contributed by atoms with Crippen molar-refractivity contribution in [3.8, 4) is 0 Å². The van der Waals surface area contributed by atoms with E-state index < -0.39 is 0 Å². The van der Waals surface area contributed by atoms with Crippen LogP contribution in [0.2, 0.25) is 15.1 Å². The summed E-state index contributed by atoms with van der Waals surface area (Å²) in [6, 6.07) is 14.1. The zero-order chi connectivity index (χ0) is 25.9. The minimum atomic E-state index is 0.0486. The third-order valence-corrected chi connectivity index (χ3v) is 8.23. The highest BCUT2D eigenvalue weighted by Crippen LogP contribution is 2.37. The molecule has 2 heterocycles. The molecule has 2 aromatic carbocycles. The zero-order valence-electron chi connectivity index (χ0n) is 21.7. The van der Waals surface area contributed by atoms with Gasteiger partial charge in [0.25, 0.3) is 0 Å². The first-order valence-electron chi connectivity index (χ1n) is 13.1. The molecule has 2 saturated heterocycles. The average Bonchev–Trinajstić information content (AvgIpc) is 2.83. The summed E-state index contributed by atoms with van der Waals surface area (Å²) in [7, 11) is 0. The lowest BCUT2D eigenvalue weighted by atomic mass is 9.89. The van der Waals surface area contributed by atoms with Crippen LogP contribution in [0.4, 0.5) is 5.69 Å². The fourth-order valence-electron chi connectivity index (χ4n) is 5.42. The van der Waals surface area contributed by atoms with Crippen LogP contribution in [0.25, 0.3) is 0 Å². The number of halogens is 3. The summed E-state index contributed by atoms with van der Waals surface area (Å²) in [5.74, 6) is 0.991. The van der Waals surface area contributed by atoms with Crippen molar-refractivity contribution >= 4 is 46.4 Å². The largest absolute Gasteiger partial charge is 0.361 e. The van der Waals surface area contributed by atoms with E-state index in [1.54, 1.807) is 0 Å². The van der Waals surface area contributed by atoms with E-state index in [-0.39, 0.29) is 11.5 Å². The molecule has 0 saturated carbocycles. The topological polar surface area (TPSA) is 26.8 Å². The van der Waals surface area contributed by atoms with Gasteiger partial charge in [0, 0.05) is 49.2 Å². The van der Waals surface area contributed by atoms with Crippen molar-refractivity contribution in [2.24, 2.45) is 11.3 Å². The first-order chi connectivity index (χ1) is 17.1. The van der Waals surface area contributed by atoms with Gasteiger partial charge in [0.2, 0.25) is 5.91 Å². The molecule has 1 atom stereocenters. The van der Waals surface area contributed by atoms with Gasteiger partial charge in [0.1, 0.15) is 0 Å². The van der Waals surface area contributed by atoms with Gasteiger partial charge >= 0.3 is 0 Å². The molecule has 0 spiro atoms. The molecule has 2 aliphatic heterocycles. The third-order valence-electron chi connectivity index (χ3n) is 7.44. The van der Waals surface area contributed by atoms with Gasteiger partial charge in [-0.3, -0.25) is 9.69 Å². The van der Waals surface area contributed by atoms with Gasteiger partial charge < -0.3 is 9.80 Å². The molecule has 0 bridgehead atoms. The lowest BCUT2D eigenvalue weighted by Gasteiger charge is -2.44. The molecule has 0 radical (unpaired) electrons. The van der Waals surface area contributed by atoms with Crippen molar-refractivity contribution in [2.45, 2.75) is 52.5 Å². The maximum Gasteiger partial charge on any atom is 0.223 e. The Hall–Kier alpha value is -1.46. The summed E-state index contributed by atoms with van der Waals surface area (Å²) in [6.45, 7) is 12.1. The minimum Gasteiger partial charge on any atom is -0.361 e. The van der Waals surface area contributed by atoms with E-state index in [1.165, 1.54) is 12.0 Å². The van der Waals surface area contributed by atoms with Crippen molar-refractivity contribution in [1.29, 1.82) is 0 Å². The summed E-state index contributed by atoms with van der Waals surface area (Å²) in [4.78, 5) is 19.7. The van der Waals surface area contributed by atoms with Crippen molar-refractivity contribution in [3.63, 3.8) is 0 Å². The van der Waals surface area contributed by atoms with E-state index in [1.807, 2.05) is 30.3 Å². The van der Waals surface area contributed by atoms with Crippen LogP contribution in [0.1, 0.15) is 58.1 Å². The summed E-state index contributed by atoms with van der Waals surface area (Å²) in [6.07, 6.45) is 4.02. The number of carbonyl (C=O) groups excluding carboxylic acids is 1. The Bertz CT molecular complexity index is 1030. The van der Waals surface area contributed by atoms with Gasteiger partial charge in [0.05, 0.1) is 16.8 Å². The number of hydrogen-bond donors (Lipinski definition) is 0. The SMILES string of the molecule is CC(C)(C)CC(=O)N1CCC(CCN2CCN(c3ccc(Cl)cc3Cl)[C@H](c3ccc(Cl)cc3)C2)CC1. The molecule has 36 heavy (non-hydrogen) atoms. The first kappa shape index (κ1) is 27.6. The number of likely N-dealkylation sites (tertiary alicyclic amines) is 1. The van der Waals surface area contributed by atoms with E-state index in [0.717, 1.165) is 62.8 Å². The van der Waals surface area contributed by atoms with Crippen molar-refractivity contribution < 1.29 is 4.79 Å². The molecule has 0 aliphatic carbocycles. The maximum absolute atomic E-state index is 12.6. The molecule has 1 amide bonds. The molecule has 0 aromatic heterocycles. The molecule has 7 heteroatoms. The second kappa shape index (κ2) is 11.9. The summed E-state index contributed by atoms with van der Waals surface area (Å²) in [5, 5.41) is 2.08. The lowest BCUT2D eigenvalue weighted by molar-refractivity contribution is -0.134. The Morgan fingerprint density at radius 3 is 2.22 bits per heavy atom. The Labute approximate surface area is 231 Å². The minimum absolute atomic E-state index is 0.0486. The number of rotatable bonds is 6. The number of piperazine rings is 1. The molecule has 0 N–H and O–H groups in total. The molecule has 4 rings (SSSR count). The number of nitrogens with zero attached hydrogens (tertiary/aromatic N) is 3. The number of hydrogen-bond acceptors (Lipinski definition) is 3. The Morgan fingerprint density at radius 1 is 0.917 bits per heavy atom. The first-order valence-corrected chi connectivity index (χ1v) is 14.2. The number of benzene rings is 2. The van der Waals surface area contributed by atoms with Crippen LogP contribution in [0, 0.1) is 11.3 Å². The lowest BCUT2D eigenvalue weighted by Crippen LogP contribution is -2.49. The summed E-state index contributed by atoms with van der Waals surface area (Å²) >= 11 is 19.0. The number of piperidine rings is 1. The van der Waals surface area contributed by atoms with Crippen LogP contribution in [0.15, 0.2) is 42.5 Å². The summed E-state index contributed by atoms with van der Waals surface area (Å²) < 4.78 is 0. The predicted molar refractivity (Wildman–Crippen MR) is 152 cm³/mol. The van der Waals surface area contributed by atoms with Gasteiger partial charge in [0.15, 0.2) is 0 Å². The molecule has 2 aromatic rings. The summed E-state index contributed by atoms with van der Waals surface area (Å²) in [5.41, 5.74) is 2.31. The van der Waals surface area contributed by atoms with Crippen LogP contribution in [-0.4, -0.2) is 55.0 Å². The smallest absolute Gasteiger partial charge is 0.223 e. The van der Waals surface area contributed by atoms with Crippen molar-refractivity contribution in [3.05, 3.63) is 63.1 Å². The molecule has 2 aliphatic rings. The fraction of sp³-hybridized carbons (Fsp3) is 0.552. The number of amides is 1. The predicted octanol–water partition coefficient (Wildman–Crippen LogP) is 7.58. The van der Waals surface area contributed by atoms with Gasteiger partial charge in [-0.15, -0.1) is 0 Å². The van der Waals surface area contributed by atoms with Crippen LogP contribution in [-0.2, 0) is 4.79 Å². The molecular weight excluding hydrogens is 513 g/mol. The van der Waals surface area contributed by atoms with E-state index in [9.17, 15) is 4.79 Å². The monoisotopic (exact) mass is 549 g/mol. The van der Waals surface area contributed by atoms with Gasteiger partial charge in [-0.2, -0.15) is 0 Å². The van der Waals surface area contributed by atoms with E-state index in [4.69, 9.17) is 34.8 Å². The molecule has 196 valence electrons. The van der Waals surface area contributed by atoms with E-state index >= 15 is 0 Å². The van der Waals surface area contributed by atoms with Gasteiger partial charge in [-0.25, -0.2) is 0 Å². The second-order valence-corrected chi connectivity index (χ2v) is 12.8. The quantitative estimate of drug-likeness (QED) is 0.371. The zero-order valence-corrected chi connectivity index (χ0v) is 23.9. The van der Waals surface area contributed by atoms with Crippen molar-refractivity contribution in [1.82, 2.24) is 9.80 Å². The molecule has 0 unspecified atom stereocenters. The van der Waals surface area contributed by atoms with Gasteiger partial charge in [-0.05, 0) is 73.0 Å². The Morgan fingerprint density at radius 2 is 1.58 bits per heavy atom. The Kier molecular flexibility index (Phi) is 9.14. The van der Waals surface area contributed by atoms with Crippen LogP contribution >= 0.6 is 34.8 Å². The highest BCUT2D eigenvalue weighted by atomic mass is 35.5. The normalized spacial score (nSPS) is 20.1. The fourth-order valence-corrected chi connectivity index (χ4v) is 6.06. The van der Waals surface area contributed by atoms with Gasteiger partial charge in [-0.1, -0.05) is 67.7 Å². The standard InChI is InChI=1S/C29H38Cl3N3O/c1-29(2,3)19-28(36)34-14-11-21(12-15-34)10-13-33-16-17-35(26-9-8-24(31)18-25(26)32)27(20-33)22-4-6-23(30)7-5-22/h4-9,18,21,27H,10-17,19-20H2,1-3H3/t27-/m0/s1. The maximum atomic E-state index is 12.6. The Balaban J connectivity index is 1.36.